The fraction of sp³-hybridized carbons (Fsp3) is 0.357. The number of hydrogen-bond acceptors (Lipinski definition) is 3. The van der Waals surface area contributed by atoms with Gasteiger partial charge in [0.2, 0.25) is 5.91 Å². The summed E-state index contributed by atoms with van der Waals surface area (Å²) in [6, 6.07) is 5.97. The summed E-state index contributed by atoms with van der Waals surface area (Å²) in [5.74, 6) is -1.63. The summed E-state index contributed by atoms with van der Waals surface area (Å²) in [5.41, 5.74) is 5.01. The quantitative estimate of drug-likeness (QED) is 0.609. The van der Waals surface area contributed by atoms with Gasteiger partial charge in [-0.15, -0.1) is 0 Å². The first-order chi connectivity index (χ1) is 9.72. The number of rotatable bonds is 6. The molecule has 0 unspecified atom stereocenters. The lowest BCUT2D eigenvalue weighted by atomic mass is 10.1. The Morgan fingerprint density at radius 3 is 2.52 bits per heavy atom. The first-order valence-corrected chi connectivity index (χ1v) is 6.40. The van der Waals surface area contributed by atoms with Gasteiger partial charge >= 0.3 is 12.0 Å². The second kappa shape index (κ2) is 6.74. The van der Waals surface area contributed by atoms with E-state index in [2.05, 4.69) is 10.6 Å². The van der Waals surface area contributed by atoms with Crippen molar-refractivity contribution in [3.63, 3.8) is 0 Å². The number of nitrogens with two attached hydrogens (primary N) is 1. The number of aromatic carboxylic acids is 1. The molecule has 7 nitrogen and oxygen atoms in total. The topological polar surface area (TPSA) is 122 Å². The van der Waals surface area contributed by atoms with E-state index in [4.69, 9.17) is 10.8 Å². The average Bonchev–Trinajstić information content (AvgIpc) is 2.38. The van der Waals surface area contributed by atoms with E-state index in [0.717, 1.165) is 5.56 Å². The molecule has 1 rings (SSSR count). The predicted octanol–water partition coefficient (Wildman–Crippen LogP) is 0.490. The minimum Gasteiger partial charge on any atom is -0.478 e. The molecule has 0 spiro atoms. The van der Waals surface area contributed by atoms with E-state index in [1.54, 1.807) is 18.2 Å². The Kier molecular flexibility index (Phi) is 5.29. The zero-order valence-electron chi connectivity index (χ0n) is 12.0. The summed E-state index contributed by atoms with van der Waals surface area (Å²) in [7, 11) is 0. The normalized spacial score (nSPS) is 10.8. The molecule has 1 aromatic carbocycles. The van der Waals surface area contributed by atoms with Gasteiger partial charge in [-0.2, -0.15) is 0 Å². The lowest BCUT2D eigenvalue weighted by Crippen LogP contribution is -2.55. The maximum atomic E-state index is 11.6. The summed E-state index contributed by atoms with van der Waals surface area (Å²) in [4.78, 5) is 33.5. The third-order valence-electron chi connectivity index (χ3n) is 2.92. The van der Waals surface area contributed by atoms with Crippen molar-refractivity contribution in [2.24, 2.45) is 5.73 Å². The molecule has 0 aliphatic rings. The third kappa shape index (κ3) is 5.13. The number of carboxylic acids is 1. The molecular formula is C14H19N3O4. The number of carboxylic acid groups (broad SMARTS) is 1. The molecule has 3 amide bonds. The monoisotopic (exact) mass is 293 g/mol. The van der Waals surface area contributed by atoms with Crippen LogP contribution >= 0.6 is 0 Å². The highest BCUT2D eigenvalue weighted by Crippen LogP contribution is 2.06. The van der Waals surface area contributed by atoms with Crippen molar-refractivity contribution in [2.45, 2.75) is 25.8 Å². The minimum absolute atomic E-state index is 0.201. The first kappa shape index (κ1) is 16.5. The van der Waals surface area contributed by atoms with E-state index in [0.29, 0.717) is 13.0 Å². The van der Waals surface area contributed by atoms with Gasteiger partial charge in [-0.25, -0.2) is 9.59 Å². The SMILES string of the molecule is CC(C)(NC(=O)NCCc1cccc(C(=O)O)c1)C(N)=O. The molecule has 0 bridgehead atoms. The summed E-state index contributed by atoms with van der Waals surface area (Å²) in [6.45, 7) is 3.32. The van der Waals surface area contributed by atoms with E-state index in [-0.39, 0.29) is 5.56 Å². The molecule has 5 N–H and O–H groups in total. The fourth-order valence-electron chi connectivity index (χ4n) is 1.57. The van der Waals surface area contributed by atoms with Gasteiger partial charge in [-0.1, -0.05) is 12.1 Å². The Labute approximate surface area is 122 Å². The molecule has 7 heteroatoms. The van der Waals surface area contributed by atoms with Crippen LogP contribution in [0.3, 0.4) is 0 Å². The number of primary amides is 1. The number of carbonyl (C=O) groups is 3. The number of hydrogen-bond donors (Lipinski definition) is 4. The summed E-state index contributed by atoms with van der Waals surface area (Å²) >= 11 is 0. The third-order valence-corrected chi connectivity index (χ3v) is 2.92. The largest absolute Gasteiger partial charge is 0.478 e. The molecule has 114 valence electrons. The van der Waals surface area contributed by atoms with Crippen molar-refractivity contribution in [3.8, 4) is 0 Å². The molecule has 0 heterocycles. The van der Waals surface area contributed by atoms with Crippen LogP contribution in [-0.2, 0) is 11.2 Å². The number of benzene rings is 1. The Morgan fingerprint density at radius 2 is 1.95 bits per heavy atom. The summed E-state index contributed by atoms with van der Waals surface area (Å²) in [5, 5.41) is 13.9. The van der Waals surface area contributed by atoms with Gasteiger partial charge in [0.25, 0.3) is 0 Å². The standard InChI is InChI=1S/C14H19N3O4/c1-14(2,12(15)20)17-13(21)16-7-6-9-4-3-5-10(8-9)11(18)19/h3-5,8H,6-7H2,1-2H3,(H2,15,20)(H,18,19)(H2,16,17,21). The van der Waals surface area contributed by atoms with Crippen LogP contribution < -0.4 is 16.4 Å². The number of nitrogens with one attached hydrogen (secondary N) is 2. The van der Waals surface area contributed by atoms with Crippen molar-refractivity contribution in [1.82, 2.24) is 10.6 Å². The maximum absolute atomic E-state index is 11.6. The molecule has 0 aromatic heterocycles. The van der Waals surface area contributed by atoms with Gasteiger partial charge in [0.1, 0.15) is 5.54 Å². The van der Waals surface area contributed by atoms with Crippen LogP contribution in [-0.4, -0.2) is 35.1 Å². The number of urea groups is 1. The summed E-state index contributed by atoms with van der Waals surface area (Å²) < 4.78 is 0. The predicted molar refractivity (Wildman–Crippen MR) is 76.9 cm³/mol. The van der Waals surface area contributed by atoms with Crippen LogP contribution in [0, 0.1) is 0 Å². The van der Waals surface area contributed by atoms with Crippen LogP contribution in [0.15, 0.2) is 24.3 Å². The van der Waals surface area contributed by atoms with E-state index in [9.17, 15) is 14.4 Å². The Morgan fingerprint density at radius 1 is 1.29 bits per heavy atom. The van der Waals surface area contributed by atoms with Crippen molar-refractivity contribution < 1.29 is 19.5 Å². The van der Waals surface area contributed by atoms with Crippen LogP contribution in [0.1, 0.15) is 29.8 Å². The van der Waals surface area contributed by atoms with Crippen molar-refractivity contribution >= 4 is 17.9 Å². The maximum Gasteiger partial charge on any atom is 0.335 e. The zero-order chi connectivity index (χ0) is 16.0. The van der Waals surface area contributed by atoms with Gasteiger partial charge in [0.15, 0.2) is 0 Å². The zero-order valence-corrected chi connectivity index (χ0v) is 12.0. The number of carbonyl (C=O) groups excluding carboxylic acids is 2. The van der Waals surface area contributed by atoms with E-state index in [1.807, 2.05) is 0 Å². The lowest BCUT2D eigenvalue weighted by molar-refractivity contribution is -0.122. The van der Waals surface area contributed by atoms with Crippen LogP contribution in [0.4, 0.5) is 4.79 Å². The van der Waals surface area contributed by atoms with E-state index >= 15 is 0 Å². The fourth-order valence-corrected chi connectivity index (χ4v) is 1.57. The molecule has 1 aromatic rings. The minimum atomic E-state index is -1.13. The van der Waals surface area contributed by atoms with Gasteiger partial charge in [0, 0.05) is 6.54 Å². The summed E-state index contributed by atoms with van der Waals surface area (Å²) in [6.07, 6.45) is 0.478. The van der Waals surface area contributed by atoms with E-state index in [1.165, 1.54) is 19.9 Å². The molecular weight excluding hydrogens is 274 g/mol. The molecule has 0 radical (unpaired) electrons. The second-order valence-corrected chi connectivity index (χ2v) is 5.13. The highest BCUT2D eigenvalue weighted by molar-refractivity contribution is 5.89. The molecule has 0 saturated heterocycles. The molecule has 0 saturated carbocycles. The highest BCUT2D eigenvalue weighted by Gasteiger charge is 2.26. The smallest absolute Gasteiger partial charge is 0.335 e. The van der Waals surface area contributed by atoms with Crippen LogP contribution in [0.2, 0.25) is 0 Å². The van der Waals surface area contributed by atoms with Gasteiger partial charge in [-0.05, 0) is 38.0 Å². The van der Waals surface area contributed by atoms with Crippen molar-refractivity contribution in [1.29, 1.82) is 0 Å². The van der Waals surface area contributed by atoms with Crippen LogP contribution in [0.25, 0.3) is 0 Å². The second-order valence-electron chi connectivity index (χ2n) is 5.13. The molecule has 0 aliphatic carbocycles. The molecule has 21 heavy (non-hydrogen) atoms. The Hall–Kier alpha value is -2.57. The molecule has 0 atom stereocenters. The van der Waals surface area contributed by atoms with Gasteiger partial charge < -0.3 is 21.5 Å². The molecule has 0 fully saturated rings. The molecule has 0 aliphatic heterocycles. The van der Waals surface area contributed by atoms with E-state index < -0.39 is 23.4 Å². The lowest BCUT2D eigenvalue weighted by Gasteiger charge is -2.22. The van der Waals surface area contributed by atoms with Crippen molar-refractivity contribution in [3.05, 3.63) is 35.4 Å². The Bertz CT molecular complexity index is 555. The van der Waals surface area contributed by atoms with Gasteiger partial charge in [0.05, 0.1) is 5.56 Å². The Balaban J connectivity index is 2.47. The first-order valence-electron chi connectivity index (χ1n) is 6.40. The highest BCUT2D eigenvalue weighted by atomic mass is 16.4. The van der Waals surface area contributed by atoms with Gasteiger partial charge in [-0.3, -0.25) is 4.79 Å². The number of amides is 3. The average molecular weight is 293 g/mol. The van der Waals surface area contributed by atoms with Crippen LogP contribution in [0.5, 0.6) is 0 Å². The van der Waals surface area contributed by atoms with Crippen molar-refractivity contribution in [2.75, 3.05) is 6.54 Å².